The van der Waals surface area contributed by atoms with Crippen LogP contribution in [-0.4, -0.2) is 0 Å². The number of halogens is 3. The fourth-order valence-corrected chi connectivity index (χ4v) is 3.94. The van der Waals surface area contributed by atoms with E-state index in [4.69, 9.17) is 0 Å². The Morgan fingerprint density at radius 1 is 1.00 bits per heavy atom. The Balaban J connectivity index is 1.91. The Hall–Kier alpha value is -1.26. The molecule has 0 N–H and O–H groups in total. The maximum absolute atomic E-state index is 13.7. The van der Waals surface area contributed by atoms with Gasteiger partial charge in [-0.15, -0.1) is 11.3 Å². The highest BCUT2D eigenvalue weighted by Gasteiger charge is 2.17. The lowest BCUT2D eigenvalue weighted by Crippen LogP contribution is -1.99. The van der Waals surface area contributed by atoms with Gasteiger partial charge in [0.05, 0.1) is 4.83 Å². The summed E-state index contributed by atoms with van der Waals surface area (Å²) < 4.78 is 28.5. The highest BCUT2D eigenvalue weighted by molar-refractivity contribution is 9.09. The van der Waals surface area contributed by atoms with Gasteiger partial charge in [0.15, 0.2) is 0 Å². The summed E-state index contributed by atoms with van der Waals surface area (Å²) in [4.78, 5) is 0.986. The van der Waals surface area contributed by atoms with Gasteiger partial charge in [-0.25, -0.2) is 8.78 Å². The molecule has 1 atom stereocenters. The van der Waals surface area contributed by atoms with Crippen LogP contribution in [0.25, 0.3) is 10.1 Å². The maximum atomic E-state index is 13.7. The number of thiophene rings is 1. The van der Waals surface area contributed by atoms with Crippen molar-refractivity contribution in [2.75, 3.05) is 0 Å². The van der Waals surface area contributed by atoms with Gasteiger partial charge in [0.2, 0.25) is 0 Å². The first-order chi connectivity index (χ1) is 9.65. The second-order valence-electron chi connectivity index (χ2n) is 4.56. The minimum absolute atomic E-state index is 0.0914. The van der Waals surface area contributed by atoms with Crippen LogP contribution in [-0.2, 0) is 6.42 Å². The van der Waals surface area contributed by atoms with Gasteiger partial charge in [-0.2, -0.15) is 0 Å². The van der Waals surface area contributed by atoms with Crippen LogP contribution < -0.4 is 0 Å². The third kappa shape index (κ3) is 2.63. The summed E-state index contributed by atoms with van der Waals surface area (Å²) in [6, 6.07) is 14.1. The van der Waals surface area contributed by atoms with Gasteiger partial charge in [0.1, 0.15) is 11.6 Å². The molecule has 0 bridgehead atoms. The van der Waals surface area contributed by atoms with Crippen molar-refractivity contribution in [3.8, 4) is 0 Å². The average Bonchev–Trinajstić information content (AvgIpc) is 2.87. The zero-order valence-electron chi connectivity index (χ0n) is 10.4. The summed E-state index contributed by atoms with van der Waals surface area (Å²) in [7, 11) is 0. The minimum atomic E-state index is -0.490. The molecular weight excluding hydrogens is 342 g/mol. The first-order valence-electron chi connectivity index (χ1n) is 6.20. The Morgan fingerprint density at radius 2 is 1.70 bits per heavy atom. The Bertz CT molecular complexity index is 698. The molecule has 0 nitrogen and oxygen atoms in total. The standard InChI is InChI=1S/C16H11BrF2S/c17-12(9-11-13(18)5-3-6-14(11)19)16-8-10-4-1-2-7-15(10)20-16/h1-8,12H,9H2. The maximum Gasteiger partial charge on any atom is 0.129 e. The number of hydrogen-bond acceptors (Lipinski definition) is 1. The molecule has 3 aromatic rings. The summed E-state index contributed by atoms with van der Waals surface area (Å²) in [5.74, 6) is -0.980. The number of benzene rings is 2. The van der Waals surface area contributed by atoms with Crippen molar-refractivity contribution in [1.82, 2.24) is 0 Å². The second kappa shape index (κ2) is 5.62. The van der Waals surface area contributed by atoms with E-state index in [1.807, 2.05) is 24.3 Å². The first kappa shape index (κ1) is 13.7. The monoisotopic (exact) mass is 352 g/mol. The van der Waals surface area contributed by atoms with E-state index in [0.717, 1.165) is 10.3 Å². The molecule has 1 aromatic heterocycles. The van der Waals surface area contributed by atoms with Crippen LogP contribution in [0, 0.1) is 11.6 Å². The topological polar surface area (TPSA) is 0 Å². The molecule has 0 aliphatic rings. The average molecular weight is 353 g/mol. The Labute approximate surface area is 128 Å². The van der Waals surface area contributed by atoms with E-state index in [1.165, 1.54) is 22.9 Å². The summed E-state index contributed by atoms with van der Waals surface area (Å²) in [5, 5.41) is 1.16. The molecule has 0 aliphatic heterocycles. The summed E-state index contributed by atoms with van der Waals surface area (Å²) >= 11 is 5.19. The lowest BCUT2D eigenvalue weighted by atomic mass is 10.1. The van der Waals surface area contributed by atoms with E-state index in [0.29, 0.717) is 6.42 Å². The Morgan fingerprint density at radius 3 is 2.40 bits per heavy atom. The molecule has 20 heavy (non-hydrogen) atoms. The fourth-order valence-electron chi connectivity index (χ4n) is 2.16. The molecule has 2 aromatic carbocycles. The predicted molar refractivity (Wildman–Crippen MR) is 83.6 cm³/mol. The molecule has 0 aliphatic carbocycles. The van der Waals surface area contributed by atoms with Gasteiger partial charge in [-0.1, -0.05) is 40.2 Å². The lowest BCUT2D eigenvalue weighted by Gasteiger charge is -2.09. The van der Waals surface area contributed by atoms with Gasteiger partial charge in [-0.05, 0) is 36.1 Å². The predicted octanol–water partition coefficient (Wildman–Crippen LogP) is 5.86. The Kier molecular flexibility index (Phi) is 3.85. The molecule has 0 saturated heterocycles. The zero-order chi connectivity index (χ0) is 14.1. The van der Waals surface area contributed by atoms with Gasteiger partial charge in [-0.3, -0.25) is 0 Å². The lowest BCUT2D eigenvalue weighted by molar-refractivity contribution is 0.554. The van der Waals surface area contributed by atoms with Gasteiger partial charge in [0, 0.05) is 15.1 Å². The van der Waals surface area contributed by atoms with Crippen molar-refractivity contribution in [2.45, 2.75) is 11.2 Å². The molecule has 0 amide bonds. The smallest absolute Gasteiger partial charge is 0.129 e. The number of hydrogen-bond donors (Lipinski definition) is 0. The van der Waals surface area contributed by atoms with Crippen LogP contribution in [0.4, 0.5) is 8.78 Å². The molecule has 1 unspecified atom stereocenters. The molecule has 0 radical (unpaired) electrons. The van der Waals surface area contributed by atoms with Crippen molar-refractivity contribution in [3.63, 3.8) is 0 Å². The van der Waals surface area contributed by atoms with Crippen molar-refractivity contribution in [3.05, 3.63) is 70.6 Å². The molecular formula is C16H11BrF2S. The largest absolute Gasteiger partial charge is 0.207 e. The number of rotatable bonds is 3. The highest BCUT2D eigenvalue weighted by Crippen LogP contribution is 2.36. The van der Waals surface area contributed by atoms with E-state index in [9.17, 15) is 8.78 Å². The van der Waals surface area contributed by atoms with Crippen LogP contribution in [0.3, 0.4) is 0 Å². The van der Waals surface area contributed by atoms with Crippen molar-refractivity contribution in [2.24, 2.45) is 0 Å². The summed E-state index contributed by atoms with van der Waals surface area (Å²) in [6.45, 7) is 0. The number of fused-ring (bicyclic) bond motifs is 1. The van der Waals surface area contributed by atoms with Crippen molar-refractivity contribution >= 4 is 37.4 Å². The summed E-state index contributed by atoms with van der Waals surface area (Å²) in [6.07, 6.45) is 0.297. The van der Waals surface area contributed by atoms with Gasteiger partial charge >= 0.3 is 0 Å². The van der Waals surface area contributed by atoms with E-state index >= 15 is 0 Å². The normalized spacial score (nSPS) is 12.8. The highest BCUT2D eigenvalue weighted by atomic mass is 79.9. The first-order valence-corrected chi connectivity index (χ1v) is 7.94. The molecule has 0 spiro atoms. The fraction of sp³-hybridized carbons (Fsp3) is 0.125. The molecule has 1 heterocycles. The van der Waals surface area contributed by atoms with Crippen LogP contribution in [0.2, 0.25) is 0 Å². The molecule has 0 saturated carbocycles. The van der Waals surface area contributed by atoms with Crippen LogP contribution in [0.15, 0.2) is 48.5 Å². The van der Waals surface area contributed by atoms with Crippen LogP contribution in [0.1, 0.15) is 15.3 Å². The third-order valence-electron chi connectivity index (χ3n) is 3.20. The van der Waals surface area contributed by atoms with E-state index in [2.05, 4.69) is 22.0 Å². The number of alkyl halides is 1. The summed E-state index contributed by atoms with van der Waals surface area (Å²) in [5.41, 5.74) is 0.131. The molecule has 0 fully saturated rings. The van der Waals surface area contributed by atoms with Crippen LogP contribution in [0.5, 0.6) is 0 Å². The van der Waals surface area contributed by atoms with Gasteiger partial charge in [0.25, 0.3) is 0 Å². The SMILES string of the molecule is Fc1cccc(F)c1CC(Br)c1cc2ccccc2s1. The van der Waals surface area contributed by atoms with Crippen molar-refractivity contribution in [1.29, 1.82) is 0 Å². The third-order valence-corrected chi connectivity index (χ3v) is 5.55. The van der Waals surface area contributed by atoms with E-state index < -0.39 is 11.6 Å². The van der Waals surface area contributed by atoms with Crippen LogP contribution >= 0.6 is 27.3 Å². The van der Waals surface area contributed by atoms with E-state index in [1.54, 1.807) is 11.3 Å². The van der Waals surface area contributed by atoms with Gasteiger partial charge < -0.3 is 0 Å². The molecule has 3 rings (SSSR count). The zero-order valence-corrected chi connectivity index (χ0v) is 12.8. The minimum Gasteiger partial charge on any atom is -0.207 e. The molecule has 4 heteroatoms. The second-order valence-corrected chi connectivity index (χ2v) is 6.78. The van der Waals surface area contributed by atoms with Crippen molar-refractivity contribution < 1.29 is 8.78 Å². The van der Waals surface area contributed by atoms with E-state index in [-0.39, 0.29) is 10.4 Å². The quantitative estimate of drug-likeness (QED) is 0.518. The molecule has 102 valence electrons.